The molecule has 1 fully saturated rings. The number of carbonyl (C=O) groups is 9. The van der Waals surface area contributed by atoms with Gasteiger partial charge >= 0.3 is 18.1 Å². The lowest BCUT2D eigenvalue weighted by atomic mass is 9.84. The molecule has 0 saturated carbocycles. The Labute approximate surface area is 475 Å². The van der Waals surface area contributed by atoms with Gasteiger partial charge in [0.15, 0.2) is 0 Å². The molecule has 2 aliphatic rings. The molecule has 4 aromatic rings. The maximum absolute atomic E-state index is 16.2. The molecule has 0 unspecified atom stereocenters. The monoisotopic (exact) mass is 1160 g/mol. The quantitative estimate of drug-likeness (QED) is 0.0259. The highest BCUT2D eigenvalue weighted by Gasteiger charge is 2.45. The van der Waals surface area contributed by atoms with E-state index in [9.17, 15) is 62.1 Å². The molecule has 22 nitrogen and oxygen atoms in total. The Hall–Kier alpha value is -8.68. The average Bonchev–Trinajstić information content (AvgIpc) is 4.31. The van der Waals surface area contributed by atoms with E-state index in [4.69, 9.17) is 15.5 Å². The van der Waals surface area contributed by atoms with Crippen LogP contribution in [0, 0.1) is 34.7 Å². The number of amides is 9. The number of carboxylic acid groups (broad SMARTS) is 1. The Balaban J connectivity index is 1.13. The Bertz CT molecular complexity index is 3080. The van der Waals surface area contributed by atoms with Crippen LogP contribution in [0.15, 0.2) is 85.1 Å². The van der Waals surface area contributed by atoms with Crippen molar-refractivity contribution in [2.75, 3.05) is 31.5 Å². The van der Waals surface area contributed by atoms with Crippen molar-refractivity contribution in [2.45, 2.75) is 117 Å². The molecule has 3 heterocycles. The maximum atomic E-state index is 16.2. The third kappa shape index (κ3) is 17.0. The van der Waals surface area contributed by atoms with E-state index in [0.717, 1.165) is 35.3 Å². The lowest BCUT2D eigenvalue weighted by molar-refractivity contribution is -0.148. The van der Waals surface area contributed by atoms with Crippen molar-refractivity contribution >= 4 is 59.2 Å². The number of hydrogen-bond donors (Lipinski definition) is 7. The SMILES string of the molecule is CC(C)[C@H](NC(=O)[C@H](CCC(=O)O)N1C(=O)C=CC1=O)C(=O)N[C@@H](CCCNC(N)=O)C(=O)Nc1ccc(COC(=O)N2C[C@@H](CN(C(=O)[C@H](C)O)[C@@H](c3nc(-c4cc(F)ccc4F)cn3Cc3cccc(F)c3)C(C)(C)C)[C@@H](F)C2)cc1. The van der Waals surface area contributed by atoms with Crippen molar-refractivity contribution in [3.05, 3.63) is 119 Å². The number of nitrogens with one attached hydrogen (secondary N) is 4. The van der Waals surface area contributed by atoms with E-state index in [1.165, 1.54) is 60.5 Å². The number of anilines is 1. The van der Waals surface area contributed by atoms with Gasteiger partial charge in [0, 0.05) is 68.1 Å². The van der Waals surface area contributed by atoms with Crippen LogP contribution in [0.5, 0.6) is 0 Å². The summed E-state index contributed by atoms with van der Waals surface area (Å²) in [5, 5.41) is 30.3. The normalized spacial score (nSPS) is 16.9. The van der Waals surface area contributed by atoms with Crippen LogP contribution in [0.25, 0.3) is 11.3 Å². The lowest BCUT2D eigenvalue weighted by Gasteiger charge is -2.41. The van der Waals surface area contributed by atoms with Crippen LogP contribution in [0.2, 0.25) is 0 Å². The molecule has 3 aromatic carbocycles. The third-order valence-corrected chi connectivity index (χ3v) is 13.8. The van der Waals surface area contributed by atoms with Gasteiger partial charge in [0.1, 0.15) is 60.3 Å². The van der Waals surface area contributed by atoms with Gasteiger partial charge in [-0.15, -0.1) is 0 Å². The molecule has 1 aromatic heterocycles. The number of nitrogens with two attached hydrogens (primary N) is 1. The average molecular weight is 1160 g/mol. The summed E-state index contributed by atoms with van der Waals surface area (Å²) in [6.45, 7) is 8.39. The Morgan fingerprint density at radius 3 is 2.14 bits per heavy atom. The molecule has 1 saturated heterocycles. The summed E-state index contributed by atoms with van der Waals surface area (Å²) < 4.78 is 67.6. The van der Waals surface area contributed by atoms with Gasteiger partial charge < -0.3 is 56.3 Å². The second-order valence-corrected chi connectivity index (χ2v) is 21.8. The fraction of sp³-hybridized carbons (Fsp3) is 0.439. The van der Waals surface area contributed by atoms with Crippen molar-refractivity contribution in [1.82, 2.24) is 40.2 Å². The van der Waals surface area contributed by atoms with Crippen molar-refractivity contribution < 1.29 is 75.7 Å². The molecule has 26 heteroatoms. The number of imide groups is 1. The number of ether oxygens (including phenoxy) is 1. The highest BCUT2D eigenvalue weighted by molar-refractivity contribution is 6.15. The largest absolute Gasteiger partial charge is 0.481 e. The number of halogens is 4. The molecule has 6 rings (SSSR count). The van der Waals surface area contributed by atoms with Gasteiger partial charge in [0.2, 0.25) is 17.7 Å². The predicted octanol–water partition coefficient (Wildman–Crippen LogP) is 5.09. The van der Waals surface area contributed by atoms with Gasteiger partial charge in [0.25, 0.3) is 17.7 Å². The van der Waals surface area contributed by atoms with Crippen LogP contribution in [0.1, 0.15) is 90.2 Å². The summed E-state index contributed by atoms with van der Waals surface area (Å²) in [7, 11) is 0. The number of alkyl halides is 1. The number of imidazole rings is 1. The van der Waals surface area contributed by atoms with Gasteiger partial charge in [-0.25, -0.2) is 32.1 Å². The number of nitrogens with zero attached hydrogens (tertiary/aromatic N) is 5. The first-order chi connectivity index (χ1) is 39.1. The molecule has 0 radical (unpaired) electrons. The highest BCUT2D eigenvalue weighted by Crippen LogP contribution is 2.41. The fourth-order valence-corrected chi connectivity index (χ4v) is 9.73. The minimum atomic E-state index is -1.69. The predicted molar refractivity (Wildman–Crippen MR) is 291 cm³/mol. The molecular formula is C57H68F4N10O12. The Morgan fingerprint density at radius 2 is 1.53 bits per heavy atom. The number of aliphatic hydroxyl groups is 1. The van der Waals surface area contributed by atoms with Crippen LogP contribution in [0.4, 0.5) is 32.8 Å². The molecule has 8 N–H and O–H groups in total. The number of primary amides is 1. The zero-order chi connectivity index (χ0) is 61.0. The first-order valence-corrected chi connectivity index (χ1v) is 26.7. The zero-order valence-electron chi connectivity index (χ0n) is 46.6. The van der Waals surface area contributed by atoms with Crippen LogP contribution < -0.4 is 27.0 Å². The van der Waals surface area contributed by atoms with Gasteiger partial charge in [-0.05, 0) is 91.1 Å². The minimum absolute atomic E-state index is 0.00841. The van der Waals surface area contributed by atoms with E-state index in [-0.39, 0.29) is 68.4 Å². The number of aliphatic carboxylic acids is 1. The molecule has 0 spiro atoms. The van der Waals surface area contributed by atoms with Crippen LogP contribution in [-0.2, 0) is 51.5 Å². The maximum Gasteiger partial charge on any atom is 0.410 e. The summed E-state index contributed by atoms with van der Waals surface area (Å²) >= 11 is 0. The standard InChI is InChI=1S/C57H68F4N10O12/c1-31(2)48(67-52(78)44(18-21-47(75)76)71-45(73)19-20-46(71)74)53(79)66-42(11-8-22-63-55(62)81)51(77)64-38-15-12-33(13-16-38)30-83-56(82)69-26-35(41(61)28-69)27-70(54(80)32(3)72)49(57(4,5)6)50-65-43(39-24-37(59)14-17-40(39)60)29-68(50)25-34-9-7-10-36(58)23-34/h7,9-10,12-17,19-20,23-24,29,31-32,35,41-42,44,48-49,72H,8,11,18,21-22,25-28,30H2,1-6H3,(H,64,77)(H,66,79)(H,67,78)(H,75,76)(H3,62,63,81)/t32-,35-,41-,42-,44-,48-,49-/m0/s1. The van der Waals surface area contributed by atoms with Crippen molar-refractivity contribution in [3.8, 4) is 11.3 Å². The van der Waals surface area contributed by atoms with Gasteiger partial charge in [-0.3, -0.25) is 38.5 Å². The molecule has 0 bridgehead atoms. The van der Waals surface area contributed by atoms with Crippen LogP contribution in [0.3, 0.4) is 0 Å². The number of aliphatic hydroxyl groups excluding tert-OH is 1. The van der Waals surface area contributed by atoms with Gasteiger partial charge in [0.05, 0.1) is 18.3 Å². The Morgan fingerprint density at radius 1 is 0.855 bits per heavy atom. The summed E-state index contributed by atoms with van der Waals surface area (Å²) in [5.74, 6) is -9.95. The van der Waals surface area contributed by atoms with E-state index in [1.54, 1.807) is 45.3 Å². The van der Waals surface area contributed by atoms with Crippen molar-refractivity contribution in [2.24, 2.45) is 23.0 Å². The smallest absolute Gasteiger partial charge is 0.410 e. The summed E-state index contributed by atoms with van der Waals surface area (Å²) in [6.07, 6.45) is -1.84. The number of benzene rings is 3. The van der Waals surface area contributed by atoms with E-state index in [1.807, 2.05) is 0 Å². The van der Waals surface area contributed by atoms with Crippen LogP contribution in [-0.4, -0.2) is 145 Å². The minimum Gasteiger partial charge on any atom is -0.481 e. The first-order valence-electron chi connectivity index (χ1n) is 26.7. The Kier molecular flexibility index (Phi) is 21.3. The zero-order valence-corrected chi connectivity index (χ0v) is 46.6. The third-order valence-electron chi connectivity index (χ3n) is 13.8. The van der Waals surface area contributed by atoms with Gasteiger partial charge in [-0.2, -0.15) is 0 Å². The van der Waals surface area contributed by atoms with E-state index in [0.29, 0.717) is 16.0 Å². The molecule has 0 aliphatic carbocycles. The van der Waals surface area contributed by atoms with Crippen LogP contribution >= 0.6 is 0 Å². The highest BCUT2D eigenvalue weighted by atomic mass is 19.1. The summed E-state index contributed by atoms with van der Waals surface area (Å²) in [4.78, 5) is 124. The number of likely N-dealkylation sites (tertiary alicyclic amines) is 1. The first kappa shape index (κ1) is 63.5. The summed E-state index contributed by atoms with van der Waals surface area (Å²) in [6, 6.07) is 8.39. The summed E-state index contributed by atoms with van der Waals surface area (Å²) in [5.41, 5.74) is 5.19. The second-order valence-electron chi connectivity index (χ2n) is 21.8. The lowest BCUT2D eigenvalue weighted by Crippen LogP contribution is -2.58. The van der Waals surface area contributed by atoms with E-state index in [2.05, 4.69) is 21.3 Å². The topological polar surface area (TPSA) is 305 Å². The number of rotatable bonds is 25. The van der Waals surface area contributed by atoms with Crippen molar-refractivity contribution in [3.63, 3.8) is 0 Å². The molecule has 9 amide bonds. The van der Waals surface area contributed by atoms with Crippen molar-refractivity contribution in [1.29, 1.82) is 0 Å². The number of carbonyl (C=O) groups excluding carboxylic acids is 8. The molecule has 446 valence electrons. The van der Waals surface area contributed by atoms with E-state index < -0.39 is 144 Å². The number of carboxylic acids is 1. The van der Waals surface area contributed by atoms with Gasteiger partial charge in [-0.1, -0.05) is 58.9 Å². The number of hydrogen-bond acceptors (Lipinski definition) is 12. The number of urea groups is 1. The molecule has 2 aliphatic heterocycles. The molecule has 7 atom stereocenters. The second kappa shape index (κ2) is 27.9. The number of aromatic nitrogens is 2. The van der Waals surface area contributed by atoms with E-state index >= 15 is 8.78 Å². The molecule has 83 heavy (non-hydrogen) atoms. The fourth-order valence-electron chi connectivity index (χ4n) is 9.73. The molecular weight excluding hydrogens is 1090 g/mol.